The number of carbonyl (C=O) groups is 1. The van der Waals surface area contributed by atoms with E-state index in [9.17, 15) is 4.79 Å². The summed E-state index contributed by atoms with van der Waals surface area (Å²) in [4.78, 5) is 14.9. The van der Waals surface area contributed by atoms with Gasteiger partial charge < -0.3 is 5.32 Å². The van der Waals surface area contributed by atoms with Crippen molar-refractivity contribution in [3.63, 3.8) is 0 Å². The highest BCUT2D eigenvalue weighted by atomic mass is 16.1. The van der Waals surface area contributed by atoms with E-state index in [2.05, 4.69) is 29.3 Å². The van der Waals surface area contributed by atoms with Crippen LogP contribution in [0.2, 0.25) is 0 Å². The van der Waals surface area contributed by atoms with Crippen LogP contribution in [0.3, 0.4) is 0 Å². The standard InChI is InChI=1S/C22H26N2O/c1-2-24-17-9-8-14-21(24)19-12-6-7-13-20(19)23-22(25)16-15-18-10-4-3-5-11-18/h3-7,10-13,15-16,21H,2,8-9,14,17H2,1H3,(H,23,25)/b16-15+. The summed E-state index contributed by atoms with van der Waals surface area (Å²) in [5, 5.41) is 3.07. The van der Waals surface area contributed by atoms with Crippen LogP contribution in [0.4, 0.5) is 5.69 Å². The van der Waals surface area contributed by atoms with Gasteiger partial charge in [0.15, 0.2) is 0 Å². The molecular weight excluding hydrogens is 308 g/mol. The Bertz CT molecular complexity index is 724. The van der Waals surface area contributed by atoms with E-state index in [1.807, 2.05) is 48.5 Å². The van der Waals surface area contributed by atoms with Crippen molar-refractivity contribution in [2.24, 2.45) is 0 Å². The fourth-order valence-electron chi connectivity index (χ4n) is 3.53. The van der Waals surface area contributed by atoms with Gasteiger partial charge in [0.25, 0.3) is 0 Å². The van der Waals surface area contributed by atoms with Gasteiger partial charge >= 0.3 is 0 Å². The Morgan fingerprint density at radius 3 is 2.68 bits per heavy atom. The molecule has 3 heteroatoms. The lowest BCUT2D eigenvalue weighted by molar-refractivity contribution is -0.111. The molecule has 2 aromatic carbocycles. The Hall–Kier alpha value is -2.39. The van der Waals surface area contributed by atoms with Crippen LogP contribution in [0.15, 0.2) is 60.7 Å². The first-order valence-electron chi connectivity index (χ1n) is 9.15. The van der Waals surface area contributed by atoms with Crippen molar-refractivity contribution in [3.05, 3.63) is 71.8 Å². The third kappa shape index (κ3) is 4.58. The van der Waals surface area contributed by atoms with Crippen molar-refractivity contribution in [1.29, 1.82) is 0 Å². The van der Waals surface area contributed by atoms with E-state index in [0.29, 0.717) is 6.04 Å². The minimum absolute atomic E-state index is 0.0878. The van der Waals surface area contributed by atoms with Crippen LogP contribution in [0.5, 0.6) is 0 Å². The molecule has 1 fully saturated rings. The van der Waals surface area contributed by atoms with Crippen LogP contribution in [-0.4, -0.2) is 23.9 Å². The fourth-order valence-corrected chi connectivity index (χ4v) is 3.53. The summed E-state index contributed by atoms with van der Waals surface area (Å²) in [7, 11) is 0. The Kier molecular flexibility index (Phi) is 6.02. The average Bonchev–Trinajstić information content (AvgIpc) is 2.67. The van der Waals surface area contributed by atoms with Crippen molar-refractivity contribution in [2.45, 2.75) is 32.2 Å². The maximum absolute atomic E-state index is 12.4. The molecule has 3 rings (SSSR count). The molecule has 3 nitrogen and oxygen atoms in total. The summed E-state index contributed by atoms with van der Waals surface area (Å²) in [6.07, 6.45) is 7.11. The quantitative estimate of drug-likeness (QED) is 0.790. The molecule has 0 saturated carbocycles. The second-order valence-corrected chi connectivity index (χ2v) is 6.46. The number of amides is 1. The van der Waals surface area contributed by atoms with Crippen molar-refractivity contribution >= 4 is 17.7 Å². The van der Waals surface area contributed by atoms with Crippen molar-refractivity contribution < 1.29 is 4.79 Å². The third-order valence-electron chi connectivity index (χ3n) is 4.82. The van der Waals surface area contributed by atoms with E-state index in [-0.39, 0.29) is 5.91 Å². The van der Waals surface area contributed by atoms with E-state index in [0.717, 1.165) is 30.8 Å². The van der Waals surface area contributed by atoms with Crippen LogP contribution < -0.4 is 5.32 Å². The second-order valence-electron chi connectivity index (χ2n) is 6.46. The molecule has 0 radical (unpaired) electrons. The number of hydrogen-bond acceptors (Lipinski definition) is 2. The largest absolute Gasteiger partial charge is 0.322 e. The highest BCUT2D eigenvalue weighted by molar-refractivity contribution is 6.02. The molecule has 1 amide bonds. The predicted octanol–water partition coefficient (Wildman–Crippen LogP) is 4.89. The molecule has 0 aliphatic carbocycles. The van der Waals surface area contributed by atoms with E-state index < -0.39 is 0 Å². The van der Waals surface area contributed by atoms with Crippen molar-refractivity contribution in [1.82, 2.24) is 4.90 Å². The summed E-state index contributed by atoms with van der Waals surface area (Å²) >= 11 is 0. The molecular formula is C22H26N2O. The minimum Gasteiger partial charge on any atom is -0.322 e. The lowest BCUT2D eigenvalue weighted by Gasteiger charge is -2.36. The van der Waals surface area contributed by atoms with Gasteiger partial charge in [0, 0.05) is 17.8 Å². The summed E-state index contributed by atoms with van der Waals surface area (Å²) in [6, 6.07) is 18.5. The summed E-state index contributed by atoms with van der Waals surface area (Å²) in [5.41, 5.74) is 3.18. The molecule has 1 N–H and O–H groups in total. The van der Waals surface area contributed by atoms with Crippen molar-refractivity contribution in [3.8, 4) is 0 Å². The number of nitrogens with one attached hydrogen (secondary N) is 1. The lowest BCUT2D eigenvalue weighted by Crippen LogP contribution is -2.33. The number of hydrogen-bond donors (Lipinski definition) is 1. The maximum Gasteiger partial charge on any atom is 0.248 e. The summed E-state index contributed by atoms with van der Waals surface area (Å²) < 4.78 is 0. The Morgan fingerprint density at radius 1 is 1.12 bits per heavy atom. The Morgan fingerprint density at radius 2 is 1.88 bits per heavy atom. The molecule has 2 aromatic rings. The second kappa shape index (κ2) is 8.63. The number of likely N-dealkylation sites (tertiary alicyclic amines) is 1. The number of anilines is 1. The first kappa shape index (κ1) is 17.4. The topological polar surface area (TPSA) is 32.3 Å². The SMILES string of the molecule is CCN1CCCCC1c1ccccc1NC(=O)/C=C/c1ccccc1. The number of piperidine rings is 1. The van der Waals surface area contributed by atoms with E-state index in [1.165, 1.54) is 18.4 Å². The lowest BCUT2D eigenvalue weighted by atomic mass is 9.94. The number of nitrogens with zero attached hydrogens (tertiary/aromatic N) is 1. The fraction of sp³-hybridized carbons (Fsp3) is 0.318. The van der Waals surface area contributed by atoms with Gasteiger partial charge in [-0.15, -0.1) is 0 Å². The minimum atomic E-state index is -0.0878. The van der Waals surface area contributed by atoms with Crippen LogP contribution in [0.1, 0.15) is 43.4 Å². The molecule has 1 heterocycles. The third-order valence-corrected chi connectivity index (χ3v) is 4.82. The van der Waals surface area contributed by atoms with E-state index >= 15 is 0 Å². The van der Waals surface area contributed by atoms with E-state index in [1.54, 1.807) is 6.08 Å². The smallest absolute Gasteiger partial charge is 0.248 e. The Labute approximate surface area is 150 Å². The van der Waals surface area contributed by atoms with Gasteiger partial charge in [-0.2, -0.15) is 0 Å². The molecule has 130 valence electrons. The zero-order chi connectivity index (χ0) is 17.5. The normalized spacial score (nSPS) is 18.4. The van der Waals surface area contributed by atoms with Gasteiger partial charge in [-0.3, -0.25) is 9.69 Å². The molecule has 1 saturated heterocycles. The van der Waals surface area contributed by atoms with Gasteiger partial charge in [-0.05, 0) is 49.2 Å². The zero-order valence-electron chi connectivity index (χ0n) is 14.8. The predicted molar refractivity (Wildman–Crippen MR) is 104 cm³/mol. The van der Waals surface area contributed by atoms with E-state index in [4.69, 9.17) is 0 Å². The highest BCUT2D eigenvalue weighted by Gasteiger charge is 2.24. The monoisotopic (exact) mass is 334 g/mol. The molecule has 0 aromatic heterocycles. The van der Waals surface area contributed by atoms with Gasteiger partial charge in [0.1, 0.15) is 0 Å². The number of rotatable bonds is 5. The zero-order valence-corrected chi connectivity index (χ0v) is 14.8. The summed E-state index contributed by atoms with van der Waals surface area (Å²) in [6.45, 7) is 4.39. The number of benzene rings is 2. The van der Waals surface area contributed by atoms with Gasteiger partial charge in [-0.25, -0.2) is 0 Å². The molecule has 25 heavy (non-hydrogen) atoms. The van der Waals surface area contributed by atoms with Crippen LogP contribution in [-0.2, 0) is 4.79 Å². The number of carbonyl (C=O) groups excluding carboxylic acids is 1. The number of para-hydroxylation sites is 1. The molecule has 1 atom stereocenters. The highest BCUT2D eigenvalue weighted by Crippen LogP contribution is 2.34. The maximum atomic E-state index is 12.4. The first-order chi connectivity index (χ1) is 12.3. The van der Waals surface area contributed by atoms with Gasteiger partial charge in [0.05, 0.1) is 0 Å². The molecule has 1 aliphatic heterocycles. The van der Waals surface area contributed by atoms with Gasteiger partial charge in [0.2, 0.25) is 5.91 Å². The van der Waals surface area contributed by atoms with Crippen molar-refractivity contribution in [2.75, 3.05) is 18.4 Å². The molecule has 0 spiro atoms. The van der Waals surface area contributed by atoms with Gasteiger partial charge in [-0.1, -0.05) is 61.9 Å². The first-order valence-corrected chi connectivity index (χ1v) is 9.15. The van der Waals surface area contributed by atoms with Crippen LogP contribution >= 0.6 is 0 Å². The Balaban J connectivity index is 1.74. The van der Waals surface area contributed by atoms with Crippen LogP contribution in [0, 0.1) is 0 Å². The molecule has 1 aliphatic rings. The average molecular weight is 334 g/mol. The molecule has 1 unspecified atom stereocenters. The van der Waals surface area contributed by atoms with Crippen LogP contribution in [0.25, 0.3) is 6.08 Å². The summed E-state index contributed by atoms with van der Waals surface area (Å²) in [5.74, 6) is -0.0878. The molecule has 0 bridgehead atoms.